The van der Waals surface area contributed by atoms with Crippen LogP contribution in [0.2, 0.25) is 0 Å². The molecule has 0 atom stereocenters. The third-order valence-corrected chi connectivity index (χ3v) is 3.13. The maximum atomic E-state index is 5.83. The normalized spacial score (nSPS) is 17.7. The van der Waals surface area contributed by atoms with Crippen LogP contribution in [0, 0.1) is 0 Å². The molecule has 1 fully saturated rings. The zero-order valence-corrected chi connectivity index (χ0v) is 10.00. The van der Waals surface area contributed by atoms with Crippen molar-refractivity contribution >= 4 is 21.6 Å². The molecular weight excluding hydrogens is 258 g/mol. The van der Waals surface area contributed by atoms with Crippen molar-refractivity contribution in [3.05, 3.63) is 22.7 Å². The first kappa shape index (κ1) is 10.8. The molecular formula is C11H14BrNO2. The fraction of sp³-hybridized carbons (Fsp3) is 0.455. The molecule has 1 aromatic rings. The lowest BCUT2D eigenvalue weighted by Crippen LogP contribution is -2.25. The van der Waals surface area contributed by atoms with Gasteiger partial charge in [-0.1, -0.05) is 0 Å². The molecule has 15 heavy (non-hydrogen) atoms. The topological polar surface area (TPSA) is 44.5 Å². The lowest BCUT2D eigenvalue weighted by atomic mass is 10.1. The molecule has 0 spiro atoms. The van der Waals surface area contributed by atoms with E-state index in [1.54, 1.807) is 0 Å². The molecule has 0 bridgehead atoms. The van der Waals surface area contributed by atoms with Gasteiger partial charge in [0.1, 0.15) is 11.9 Å². The standard InChI is InChI=1S/C11H14BrNO2/c12-10-7-9(1-2-11(10)13)15-8-3-5-14-6-4-8/h1-2,7-8H,3-6,13H2. The average Bonchev–Trinajstić information content (AvgIpc) is 2.25. The molecule has 1 saturated heterocycles. The molecule has 1 aromatic carbocycles. The Balaban J connectivity index is 2.00. The second-order valence-corrected chi connectivity index (χ2v) is 4.47. The highest BCUT2D eigenvalue weighted by atomic mass is 79.9. The number of nitrogens with two attached hydrogens (primary N) is 1. The average molecular weight is 272 g/mol. The van der Waals surface area contributed by atoms with E-state index in [0.29, 0.717) is 0 Å². The molecule has 0 unspecified atom stereocenters. The number of halogens is 1. The molecule has 2 N–H and O–H groups in total. The highest BCUT2D eigenvalue weighted by Gasteiger charge is 2.15. The van der Waals surface area contributed by atoms with Gasteiger partial charge in [-0.05, 0) is 34.1 Å². The minimum absolute atomic E-state index is 0.272. The second-order valence-electron chi connectivity index (χ2n) is 3.61. The number of anilines is 1. The van der Waals surface area contributed by atoms with E-state index in [2.05, 4.69) is 15.9 Å². The van der Waals surface area contributed by atoms with Gasteiger partial charge in [-0.3, -0.25) is 0 Å². The Morgan fingerprint density at radius 3 is 2.73 bits per heavy atom. The fourth-order valence-corrected chi connectivity index (χ4v) is 1.93. The van der Waals surface area contributed by atoms with Crippen molar-refractivity contribution < 1.29 is 9.47 Å². The van der Waals surface area contributed by atoms with Gasteiger partial charge in [-0.25, -0.2) is 0 Å². The van der Waals surface area contributed by atoms with Gasteiger partial charge in [-0.2, -0.15) is 0 Å². The van der Waals surface area contributed by atoms with Crippen LogP contribution in [-0.4, -0.2) is 19.3 Å². The smallest absolute Gasteiger partial charge is 0.120 e. The van der Waals surface area contributed by atoms with Gasteiger partial charge in [0, 0.05) is 23.0 Å². The van der Waals surface area contributed by atoms with Crippen LogP contribution in [0.1, 0.15) is 12.8 Å². The third kappa shape index (κ3) is 2.86. The first-order valence-electron chi connectivity index (χ1n) is 5.05. The molecule has 1 heterocycles. The third-order valence-electron chi connectivity index (χ3n) is 2.44. The second kappa shape index (κ2) is 4.86. The summed E-state index contributed by atoms with van der Waals surface area (Å²) in [4.78, 5) is 0. The summed E-state index contributed by atoms with van der Waals surface area (Å²) in [5.74, 6) is 0.864. The van der Waals surface area contributed by atoms with Gasteiger partial charge in [-0.15, -0.1) is 0 Å². The van der Waals surface area contributed by atoms with Gasteiger partial charge in [0.25, 0.3) is 0 Å². The summed E-state index contributed by atoms with van der Waals surface area (Å²) >= 11 is 3.38. The zero-order chi connectivity index (χ0) is 10.7. The Morgan fingerprint density at radius 2 is 2.07 bits per heavy atom. The predicted octanol–water partition coefficient (Wildman–Crippen LogP) is 2.59. The Kier molecular flexibility index (Phi) is 3.49. The molecule has 0 saturated carbocycles. The Labute approximate surface area is 97.7 Å². The first-order valence-corrected chi connectivity index (χ1v) is 5.84. The molecule has 0 amide bonds. The van der Waals surface area contributed by atoms with Crippen molar-refractivity contribution in [2.45, 2.75) is 18.9 Å². The van der Waals surface area contributed by atoms with Crippen molar-refractivity contribution in [3.63, 3.8) is 0 Å². The predicted molar refractivity (Wildman–Crippen MR) is 63.0 cm³/mol. The highest BCUT2D eigenvalue weighted by Crippen LogP contribution is 2.26. The van der Waals surface area contributed by atoms with Crippen LogP contribution in [-0.2, 0) is 4.74 Å². The van der Waals surface area contributed by atoms with E-state index in [1.165, 1.54) is 0 Å². The van der Waals surface area contributed by atoms with Crippen LogP contribution >= 0.6 is 15.9 Å². The van der Waals surface area contributed by atoms with Crippen LogP contribution in [0.25, 0.3) is 0 Å². The maximum absolute atomic E-state index is 5.83. The fourth-order valence-electron chi connectivity index (χ4n) is 1.57. The summed E-state index contributed by atoms with van der Waals surface area (Å²) in [6.07, 6.45) is 2.19. The first-order chi connectivity index (χ1) is 7.25. The van der Waals surface area contributed by atoms with Gasteiger partial charge in [0.2, 0.25) is 0 Å². The van der Waals surface area contributed by atoms with E-state index < -0.39 is 0 Å². The van der Waals surface area contributed by atoms with E-state index in [1.807, 2.05) is 18.2 Å². The number of hydrogen-bond acceptors (Lipinski definition) is 3. The highest BCUT2D eigenvalue weighted by molar-refractivity contribution is 9.10. The van der Waals surface area contributed by atoms with Gasteiger partial charge in [0.05, 0.1) is 13.2 Å². The summed E-state index contributed by atoms with van der Waals surface area (Å²) < 4.78 is 12.0. The van der Waals surface area contributed by atoms with Gasteiger partial charge < -0.3 is 15.2 Å². The lowest BCUT2D eigenvalue weighted by molar-refractivity contribution is 0.0255. The molecule has 0 aromatic heterocycles. The van der Waals surface area contributed by atoms with Crippen LogP contribution in [0.5, 0.6) is 5.75 Å². The molecule has 3 nitrogen and oxygen atoms in total. The number of nitrogen functional groups attached to an aromatic ring is 1. The van der Waals surface area contributed by atoms with Crippen LogP contribution in [0.15, 0.2) is 22.7 Å². The number of rotatable bonds is 2. The summed E-state index contributed by atoms with van der Waals surface area (Å²) in [5, 5.41) is 0. The Morgan fingerprint density at radius 1 is 1.33 bits per heavy atom. The van der Waals surface area contributed by atoms with Crippen LogP contribution < -0.4 is 10.5 Å². The van der Waals surface area contributed by atoms with E-state index in [0.717, 1.165) is 42.0 Å². The Bertz CT molecular complexity index is 337. The maximum Gasteiger partial charge on any atom is 0.120 e. The van der Waals surface area contributed by atoms with Crippen molar-refractivity contribution in [2.75, 3.05) is 18.9 Å². The molecule has 4 heteroatoms. The van der Waals surface area contributed by atoms with Crippen molar-refractivity contribution in [3.8, 4) is 5.75 Å². The van der Waals surface area contributed by atoms with E-state index in [-0.39, 0.29) is 6.10 Å². The summed E-state index contributed by atoms with van der Waals surface area (Å²) in [7, 11) is 0. The lowest BCUT2D eigenvalue weighted by Gasteiger charge is -2.23. The summed E-state index contributed by atoms with van der Waals surface area (Å²) in [5.41, 5.74) is 6.43. The molecule has 0 aliphatic carbocycles. The molecule has 82 valence electrons. The van der Waals surface area contributed by atoms with E-state index in [9.17, 15) is 0 Å². The summed E-state index contributed by atoms with van der Waals surface area (Å²) in [6, 6.07) is 5.65. The molecule has 1 aliphatic heterocycles. The molecule has 0 radical (unpaired) electrons. The minimum atomic E-state index is 0.272. The number of benzene rings is 1. The van der Waals surface area contributed by atoms with E-state index in [4.69, 9.17) is 15.2 Å². The van der Waals surface area contributed by atoms with E-state index >= 15 is 0 Å². The monoisotopic (exact) mass is 271 g/mol. The van der Waals surface area contributed by atoms with Crippen molar-refractivity contribution in [1.29, 1.82) is 0 Å². The Hall–Kier alpha value is -0.740. The van der Waals surface area contributed by atoms with Crippen molar-refractivity contribution in [1.82, 2.24) is 0 Å². The molecule has 2 rings (SSSR count). The number of ether oxygens (including phenoxy) is 2. The van der Waals surface area contributed by atoms with Crippen molar-refractivity contribution in [2.24, 2.45) is 0 Å². The van der Waals surface area contributed by atoms with Crippen LogP contribution in [0.4, 0.5) is 5.69 Å². The number of hydrogen-bond donors (Lipinski definition) is 1. The van der Waals surface area contributed by atoms with Gasteiger partial charge in [0.15, 0.2) is 0 Å². The summed E-state index contributed by atoms with van der Waals surface area (Å²) in [6.45, 7) is 1.58. The SMILES string of the molecule is Nc1ccc(OC2CCOCC2)cc1Br. The largest absolute Gasteiger partial charge is 0.490 e. The quantitative estimate of drug-likeness (QED) is 0.841. The molecule has 1 aliphatic rings. The van der Waals surface area contributed by atoms with Crippen LogP contribution in [0.3, 0.4) is 0 Å². The zero-order valence-electron chi connectivity index (χ0n) is 8.41. The minimum Gasteiger partial charge on any atom is -0.490 e. The van der Waals surface area contributed by atoms with Gasteiger partial charge >= 0.3 is 0 Å².